The van der Waals surface area contributed by atoms with Crippen LogP contribution in [-0.2, 0) is 4.74 Å². The maximum absolute atomic E-state index is 13.1. The van der Waals surface area contributed by atoms with Gasteiger partial charge in [-0.25, -0.2) is 0 Å². The SMILES string of the molecule is O=C1C2=CN(c3ccccc3)[C@H]3OCCC[C@H]3[C@H]2Oc2ccccc21. The summed E-state index contributed by atoms with van der Waals surface area (Å²) in [7, 11) is 0. The van der Waals surface area contributed by atoms with Gasteiger partial charge in [0, 0.05) is 24.4 Å². The summed E-state index contributed by atoms with van der Waals surface area (Å²) < 4.78 is 12.4. The van der Waals surface area contributed by atoms with Crippen molar-refractivity contribution in [3.8, 4) is 5.75 Å². The molecular weight excluding hydrogens is 314 g/mol. The Labute approximate surface area is 146 Å². The molecule has 0 aromatic heterocycles. The van der Waals surface area contributed by atoms with E-state index in [1.807, 2.05) is 48.7 Å². The van der Waals surface area contributed by atoms with Gasteiger partial charge in [-0.1, -0.05) is 30.3 Å². The number of fused-ring (bicyclic) bond motifs is 4. The normalized spacial score (nSPS) is 27.5. The molecule has 0 spiro atoms. The Bertz CT molecular complexity index is 845. The van der Waals surface area contributed by atoms with Crippen molar-refractivity contribution in [2.75, 3.05) is 11.5 Å². The lowest BCUT2D eigenvalue weighted by atomic mass is 9.81. The van der Waals surface area contributed by atoms with Crippen LogP contribution in [0.2, 0.25) is 0 Å². The molecule has 0 radical (unpaired) electrons. The third-order valence-electron chi connectivity index (χ3n) is 5.29. The highest BCUT2D eigenvalue weighted by molar-refractivity contribution is 6.12. The largest absolute Gasteiger partial charge is 0.484 e. The second kappa shape index (κ2) is 5.74. The lowest BCUT2D eigenvalue weighted by molar-refractivity contribution is -0.0599. The minimum absolute atomic E-state index is 0.0665. The highest BCUT2D eigenvalue weighted by atomic mass is 16.5. The Balaban J connectivity index is 1.64. The fourth-order valence-corrected chi connectivity index (χ4v) is 4.11. The van der Waals surface area contributed by atoms with Crippen molar-refractivity contribution in [2.45, 2.75) is 25.2 Å². The van der Waals surface area contributed by atoms with Crippen molar-refractivity contribution < 1.29 is 14.3 Å². The molecule has 0 bridgehead atoms. The van der Waals surface area contributed by atoms with E-state index >= 15 is 0 Å². The molecular formula is C21H19NO3. The first-order valence-corrected chi connectivity index (χ1v) is 8.80. The van der Waals surface area contributed by atoms with E-state index in [-0.39, 0.29) is 24.0 Å². The number of ether oxygens (including phenoxy) is 2. The number of para-hydroxylation sites is 2. The Kier molecular flexibility index (Phi) is 3.38. The molecule has 5 rings (SSSR count). The summed E-state index contributed by atoms with van der Waals surface area (Å²) in [4.78, 5) is 15.2. The van der Waals surface area contributed by atoms with Gasteiger partial charge in [-0.05, 0) is 37.1 Å². The summed E-state index contributed by atoms with van der Waals surface area (Å²) in [6.07, 6.45) is 3.60. The smallest absolute Gasteiger partial charge is 0.197 e. The predicted molar refractivity (Wildman–Crippen MR) is 94.7 cm³/mol. The van der Waals surface area contributed by atoms with Gasteiger partial charge in [0.2, 0.25) is 0 Å². The van der Waals surface area contributed by atoms with Gasteiger partial charge in [-0.3, -0.25) is 4.79 Å². The van der Waals surface area contributed by atoms with Gasteiger partial charge in [0.1, 0.15) is 18.1 Å². The van der Waals surface area contributed by atoms with E-state index in [1.54, 1.807) is 0 Å². The Hall–Kier alpha value is -2.59. The molecule has 3 heterocycles. The van der Waals surface area contributed by atoms with Crippen LogP contribution in [0.25, 0.3) is 0 Å². The molecule has 1 saturated heterocycles. The summed E-state index contributed by atoms with van der Waals surface area (Å²) >= 11 is 0. The number of hydrogen-bond acceptors (Lipinski definition) is 4. The molecule has 1 fully saturated rings. The molecule has 0 unspecified atom stereocenters. The van der Waals surface area contributed by atoms with Gasteiger partial charge >= 0.3 is 0 Å². The van der Waals surface area contributed by atoms with Crippen molar-refractivity contribution in [3.63, 3.8) is 0 Å². The maximum atomic E-state index is 13.1. The number of carbonyl (C=O) groups excluding carboxylic acids is 1. The molecule has 2 aromatic carbocycles. The first-order valence-electron chi connectivity index (χ1n) is 8.80. The van der Waals surface area contributed by atoms with E-state index < -0.39 is 0 Å². The number of benzene rings is 2. The second-order valence-corrected chi connectivity index (χ2v) is 6.76. The number of anilines is 1. The van der Waals surface area contributed by atoms with E-state index in [2.05, 4.69) is 17.0 Å². The van der Waals surface area contributed by atoms with E-state index in [0.29, 0.717) is 11.3 Å². The van der Waals surface area contributed by atoms with Crippen LogP contribution in [0, 0.1) is 5.92 Å². The number of Topliss-reactive ketones (excluding diaryl/α,β-unsaturated/α-hetero) is 1. The van der Waals surface area contributed by atoms with E-state index in [0.717, 1.165) is 30.7 Å². The van der Waals surface area contributed by atoms with Crippen molar-refractivity contribution in [1.82, 2.24) is 0 Å². The molecule has 3 aliphatic rings. The summed E-state index contributed by atoms with van der Waals surface area (Å²) in [6, 6.07) is 17.6. The molecule has 25 heavy (non-hydrogen) atoms. The van der Waals surface area contributed by atoms with Gasteiger partial charge in [0.15, 0.2) is 5.78 Å². The first kappa shape index (κ1) is 14.7. The second-order valence-electron chi connectivity index (χ2n) is 6.76. The quantitative estimate of drug-likeness (QED) is 0.796. The number of rotatable bonds is 1. The average Bonchev–Trinajstić information content (AvgIpc) is 2.68. The van der Waals surface area contributed by atoms with Crippen molar-refractivity contribution in [3.05, 3.63) is 71.9 Å². The van der Waals surface area contributed by atoms with Gasteiger partial charge < -0.3 is 14.4 Å². The standard InChI is InChI=1S/C21H19NO3/c23-19-15-9-4-5-11-18(15)25-20-16-10-6-12-24-21(16)22(13-17(19)20)14-7-2-1-3-8-14/h1-5,7-9,11,13,16,20-21H,6,10,12H2/t16-,20+,21-/m0/s1. The van der Waals surface area contributed by atoms with E-state index in [1.165, 1.54) is 0 Å². The van der Waals surface area contributed by atoms with Crippen molar-refractivity contribution >= 4 is 11.5 Å². The van der Waals surface area contributed by atoms with Crippen LogP contribution >= 0.6 is 0 Å². The van der Waals surface area contributed by atoms with Gasteiger partial charge in [0.05, 0.1) is 11.1 Å². The summed E-state index contributed by atoms with van der Waals surface area (Å²) in [5.41, 5.74) is 2.42. The zero-order valence-corrected chi connectivity index (χ0v) is 13.8. The van der Waals surface area contributed by atoms with Crippen LogP contribution in [0.15, 0.2) is 66.4 Å². The molecule has 0 aliphatic carbocycles. The van der Waals surface area contributed by atoms with Gasteiger partial charge in [-0.15, -0.1) is 0 Å². The first-order chi connectivity index (χ1) is 12.3. The maximum Gasteiger partial charge on any atom is 0.197 e. The highest BCUT2D eigenvalue weighted by Gasteiger charge is 2.47. The van der Waals surface area contributed by atoms with Crippen LogP contribution in [0.4, 0.5) is 5.69 Å². The molecule has 4 nitrogen and oxygen atoms in total. The molecule has 2 aromatic rings. The van der Waals surface area contributed by atoms with Crippen LogP contribution in [0.5, 0.6) is 5.75 Å². The minimum Gasteiger partial charge on any atom is -0.484 e. The molecule has 3 aliphatic heterocycles. The van der Waals surface area contributed by atoms with Gasteiger partial charge in [-0.2, -0.15) is 0 Å². The Morgan fingerprint density at radius 1 is 1.00 bits per heavy atom. The Morgan fingerprint density at radius 3 is 2.68 bits per heavy atom. The molecule has 126 valence electrons. The molecule has 0 saturated carbocycles. The lowest BCUT2D eigenvalue weighted by Gasteiger charge is -2.47. The molecule has 3 atom stereocenters. The van der Waals surface area contributed by atoms with E-state index in [9.17, 15) is 4.79 Å². The third-order valence-corrected chi connectivity index (χ3v) is 5.29. The monoisotopic (exact) mass is 333 g/mol. The molecule has 0 N–H and O–H groups in total. The van der Waals surface area contributed by atoms with Gasteiger partial charge in [0.25, 0.3) is 0 Å². The van der Waals surface area contributed by atoms with Crippen molar-refractivity contribution in [1.29, 1.82) is 0 Å². The number of ketones is 1. The fraction of sp³-hybridized carbons (Fsp3) is 0.286. The summed E-state index contributed by atoms with van der Waals surface area (Å²) in [6.45, 7) is 0.741. The topological polar surface area (TPSA) is 38.8 Å². The zero-order valence-electron chi connectivity index (χ0n) is 13.8. The van der Waals surface area contributed by atoms with Crippen LogP contribution in [0.1, 0.15) is 23.2 Å². The molecule has 4 heteroatoms. The predicted octanol–water partition coefficient (Wildman–Crippen LogP) is 3.79. The van der Waals surface area contributed by atoms with Crippen molar-refractivity contribution in [2.24, 2.45) is 5.92 Å². The minimum atomic E-state index is -0.229. The van der Waals surface area contributed by atoms with E-state index in [4.69, 9.17) is 9.47 Å². The summed E-state index contributed by atoms with van der Waals surface area (Å²) in [5.74, 6) is 0.898. The average molecular weight is 333 g/mol. The molecule has 0 amide bonds. The zero-order chi connectivity index (χ0) is 16.8. The lowest BCUT2D eigenvalue weighted by Crippen LogP contribution is -2.55. The van der Waals surface area contributed by atoms with Crippen LogP contribution < -0.4 is 9.64 Å². The van der Waals surface area contributed by atoms with Crippen LogP contribution in [0.3, 0.4) is 0 Å². The van der Waals surface area contributed by atoms with Crippen LogP contribution in [-0.4, -0.2) is 24.7 Å². The number of hydrogen-bond donors (Lipinski definition) is 0. The highest BCUT2D eigenvalue weighted by Crippen LogP contribution is 2.43. The summed E-state index contributed by atoms with van der Waals surface area (Å²) in [5, 5.41) is 0. The fourth-order valence-electron chi connectivity index (χ4n) is 4.11. The third kappa shape index (κ3) is 2.29. The Morgan fingerprint density at radius 2 is 1.80 bits per heavy atom. The number of carbonyl (C=O) groups is 1. The number of nitrogens with zero attached hydrogens (tertiary/aromatic N) is 1.